The lowest BCUT2D eigenvalue weighted by Crippen LogP contribution is -2.29. The Bertz CT molecular complexity index is 681. The molecule has 0 saturated carbocycles. The first kappa shape index (κ1) is 18.4. The Balaban J connectivity index is 1.83. The number of nitrogens with one attached hydrogen (secondary N) is 1. The van der Waals surface area contributed by atoms with Gasteiger partial charge >= 0.3 is 6.61 Å². The number of halogens is 3. The summed E-state index contributed by atoms with van der Waals surface area (Å²) in [5.74, 6) is -0.0166. The molecular formula is C17H17BrF2N2O2. The van der Waals surface area contributed by atoms with E-state index < -0.39 is 6.61 Å². The number of hydrogen-bond donors (Lipinski definition) is 1. The first-order chi connectivity index (χ1) is 11.4. The predicted molar refractivity (Wildman–Crippen MR) is 92.2 cm³/mol. The van der Waals surface area contributed by atoms with Crippen LogP contribution in [0, 0.1) is 0 Å². The number of anilines is 1. The van der Waals surface area contributed by atoms with Crippen LogP contribution in [0.1, 0.15) is 5.56 Å². The first-order valence-corrected chi connectivity index (χ1v) is 7.99. The van der Waals surface area contributed by atoms with E-state index in [2.05, 4.69) is 26.0 Å². The van der Waals surface area contributed by atoms with Crippen LogP contribution in [0.4, 0.5) is 14.5 Å². The van der Waals surface area contributed by atoms with Crippen molar-refractivity contribution in [2.75, 3.05) is 18.9 Å². The highest BCUT2D eigenvalue weighted by molar-refractivity contribution is 9.10. The van der Waals surface area contributed by atoms with Crippen LogP contribution in [-0.4, -0.2) is 31.0 Å². The van der Waals surface area contributed by atoms with E-state index >= 15 is 0 Å². The van der Waals surface area contributed by atoms with Gasteiger partial charge in [-0.2, -0.15) is 8.78 Å². The zero-order valence-electron chi connectivity index (χ0n) is 13.0. The highest BCUT2D eigenvalue weighted by atomic mass is 79.9. The van der Waals surface area contributed by atoms with Crippen molar-refractivity contribution in [2.45, 2.75) is 13.2 Å². The molecule has 0 unspecified atom stereocenters. The second kappa shape index (κ2) is 8.75. The van der Waals surface area contributed by atoms with Gasteiger partial charge in [0.2, 0.25) is 5.91 Å². The molecule has 0 radical (unpaired) electrons. The number of amides is 1. The maximum absolute atomic E-state index is 12.1. The normalized spacial score (nSPS) is 10.9. The van der Waals surface area contributed by atoms with Crippen LogP contribution in [0.25, 0.3) is 0 Å². The van der Waals surface area contributed by atoms with Crippen molar-refractivity contribution in [2.24, 2.45) is 0 Å². The zero-order chi connectivity index (χ0) is 17.5. The van der Waals surface area contributed by atoms with Gasteiger partial charge in [-0.05, 0) is 42.9 Å². The summed E-state index contributed by atoms with van der Waals surface area (Å²) in [4.78, 5) is 13.9. The van der Waals surface area contributed by atoms with Gasteiger partial charge in [-0.15, -0.1) is 0 Å². The minimum Gasteiger partial charge on any atom is -0.435 e. The SMILES string of the molecule is CN(CC(=O)Nc1cccc(Br)c1)Cc1ccc(OC(F)F)cc1. The minimum atomic E-state index is -2.83. The molecule has 2 aromatic carbocycles. The summed E-state index contributed by atoms with van der Waals surface area (Å²) in [7, 11) is 1.81. The van der Waals surface area contributed by atoms with Gasteiger partial charge in [-0.1, -0.05) is 34.1 Å². The third-order valence-corrected chi connectivity index (χ3v) is 3.62. The van der Waals surface area contributed by atoms with Crippen molar-refractivity contribution in [1.82, 2.24) is 4.90 Å². The highest BCUT2D eigenvalue weighted by Crippen LogP contribution is 2.17. The molecule has 0 saturated heterocycles. The number of likely N-dealkylation sites (N-methyl/N-ethyl adjacent to an activating group) is 1. The van der Waals surface area contributed by atoms with E-state index in [-0.39, 0.29) is 18.2 Å². The van der Waals surface area contributed by atoms with E-state index in [1.54, 1.807) is 12.1 Å². The fourth-order valence-corrected chi connectivity index (χ4v) is 2.56. The molecule has 128 valence electrons. The third-order valence-electron chi connectivity index (χ3n) is 3.12. The Morgan fingerprint density at radius 2 is 1.96 bits per heavy atom. The largest absolute Gasteiger partial charge is 0.435 e. The Morgan fingerprint density at radius 3 is 2.58 bits per heavy atom. The van der Waals surface area contributed by atoms with Crippen molar-refractivity contribution in [1.29, 1.82) is 0 Å². The molecule has 2 rings (SSSR count). The van der Waals surface area contributed by atoms with Crippen molar-refractivity contribution >= 4 is 27.5 Å². The Morgan fingerprint density at radius 1 is 1.25 bits per heavy atom. The second-order valence-corrected chi connectivity index (χ2v) is 6.17. The van der Waals surface area contributed by atoms with E-state index in [1.165, 1.54) is 12.1 Å². The van der Waals surface area contributed by atoms with E-state index in [4.69, 9.17) is 0 Å². The van der Waals surface area contributed by atoms with Crippen molar-refractivity contribution < 1.29 is 18.3 Å². The van der Waals surface area contributed by atoms with Gasteiger partial charge in [-0.3, -0.25) is 9.69 Å². The van der Waals surface area contributed by atoms with Gasteiger partial charge in [0.25, 0.3) is 0 Å². The Hall–Kier alpha value is -1.99. The lowest BCUT2D eigenvalue weighted by atomic mass is 10.2. The molecule has 0 heterocycles. The van der Waals surface area contributed by atoms with E-state index in [0.717, 1.165) is 15.7 Å². The van der Waals surface area contributed by atoms with Crippen LogP contribution in [0.3, 0.4) is 0 Å². The smallest absolute Gasteiger partial charge is 0.387 e. The van der Waals surface area contributed by atoms with Gasteiger partial charge in [0.1, 0.15) is 5.75 Å². The maximum Gasteiger partial charge on any atom is 0.387 e. The number of rotatable bonds is 7. The van der Waals surface area contributed by atoms with Crippen LogP contribution in [-0.2, 0) is 11.3 Å². The Kier molecular flexibility index (Phi) is 6.69. The van der Waals surface area contributed by atoms with Gasteiger partial charge < -0.3 is 10.1 Å². The van der Waals surface area contributed by atoms with Crippen molar-refractivity contribution in [3.8, 4) is 5.75 Å². The Labute approximate surface area is 147 Å². The number of carbonyl (C=O) groups excluding carboxylic acids is 1. The molecule has 0 bridgehead atoms. The number of carbonyl (C=O) groups is 1. The number of hydrogen-bond acceptors (Lipinski definition) is 3. The van der Waals surface area contributed by atoms with E-state index in [0.29, 0.717) is 6.54 Å². The number of ether oxygens (including phenoxy) is 1. The summed E-state index contributed by atoms with van der Waals surface area (Å²) in [6, 6.07) is 13.7. The van der Waals surface area contributed by atoms with Crippen LogP contribution in [0.15, 0.2) is 53.0 Å². The van der Waals surface area contributed by atoms with Crippen LogP contribution < -0.4 is 10.1 Å². The summed E-state index contributed by atoms with van der Waals surface area (Å²) in [5.41, 5.74) is 1.62. The predicted octanol–water partition coefficient (Wildman–Crippen LogP) is 4.12. The summed E-state index contributed by atoms with van der Waals surface area (Å²) >= 11 is 3.35. The molecule has 1 amide bonds. The summed E-state index contributed by atoms with van der Waals surface area (Å²) in [6.45, 7) is -2.11. The van der Waals surface area contributed by atoms with Gasteiger partial charge in [0, 0.05) is 16.7 Å². The molecule has 1 N–H and O–H groups in total. The first-order valence-electron chi connectivity index (χ1n) is 7.20. The van der Waals surface area contributed by atoms with Crippen molar-refractivity contribution in [3.63, 3.8) is 0 Å². The van der Waals surface area contributed by atoms with Crippen molar-refractivity contribution in [3.05, 3.63) is 58.6 Å². The number of nitrogens with zero attached hydrogens (tertiary/aromatic N) is 1. The molecule has 0 aliphatic heterocycles. The lowest BCUT2D eigenvalue weighted by molar-refractivity contribution is -0.117. The maximum atomic E-state index is 12.1. The van der Waals surface area contributed by atoms with Crippen LogP contribution in [0.2, 0.25) is 0 Å². The van der Waals surface area contributed by atoms with Crippen LogP contribution >= 0.6 is 15.9 Å². The standard InChI is InChI=1S/C17H17BrF2N2O2/c1-22(10-12-5-7-15(8-6-12)24-17(19)20)11-16(23)21-14-4-2-3-13(18)9-14/h2-9,17H,10-11H2,1H3,(H,21,23). The minimum absolute atomic E-state index is 0.115. The van der Waals surface area contributed by atoms with E-state index in [9.17, 15) is 13.6 Å². The molecule has 0 fully saturated rings. The van der Waals surface area contributed by atoms with Gasteiger partial charge in [0.05, 0.1) is 6.54 Å². The summed E-state index contributed by atoms with van der Waals surface area (Å²) in [5, 5.41) is 2.82. The third kappa shape index (κ3) is 6.25. The molecule has 4 nitrogen and oxygen atoms in total. The van der Waals surface area contributed by atoms with Gasteiger partial charge in [0.15, 0.2) is 0 Å². The monoisotopic (exact) mass is 398 g/mol. The molecule has 0 aromatic heterocycles. The second-order valence-electron chi connectivity index (χ2n) is 5.25. The molecule has 7 heteroatoms. The van der Waals surface area contributed by atoms with Gasteiger partial charge in [-0.25, -0.2) is 0 Å². The quantitative estimate of drug-likeness (QED) is 0.762. The average Bonchev–Trinajstić information content (AvgIpc) is 2.48. The zero-order valence-corrected chi connectivity index (χ0v) is 14.6. The fourth-order valence-electron chi connectivity index (χ4n) is 2.16. The molecule has 0 aliphatic carbocycles. The fraction of sp³-hybridized carbons (Fsp3) is 0.235. The number of benzene rings is 2. The highest BCUT2D eigenvalue weighted by Gasteiger charge is 2.09. The van der Waals surface area contributed by atoms with E-state index in [1.807, 2.05) is 36.2 Å². The molecule has 0 atom stereocenters. The topological polar surface area (TPSA) is 41.6 Å². The molecular weight excluding hydrogens is 382 g/mol. The molecule has 0 spiro atoms. The summed E-state index contributed by atoms with van der Waals surface area (Å²) < 4.78 is 29.4. The average molecular weight is 399 g/mol. The lowest BCUT2D eigenvalue weighted by Gasteiger charge is -2.16. The summed E-state index contributed by atoms with van der Waals surface area (Å²) in [6.07, 6.45) is 0. The van der Waals surface area contributed by atoms with Crippen LogP contribution in [0.5, 0.6) is 5.75 Å². The molecule has 0 aliphatic rings. The number of alkyl halides is 2. The molecule has 24 heavy (non-hydrogen) atoms. The molecule has 2 aromatic rings.